The van der Waals surface area contributed by atoms with Crippen LogP contribution in [0.15, 0.2) is 17.1 Å². The molecule has 90 valence electrons. The van der Waals surface area contributed by atoms with Gasteiger partial charge in [-0.2, -0.15) is 5.10 Å². The molecule has 0 radical (unpaired) electrons. The maximum Gasteiger partial charge on any atom is 0.261 e. The highest BCUT2D eigenvalue weighted by Gasteiger charge is 2.27. The summed E-state index contributed by atoms with van der Waals surface area (Å²) in [6, 6.07) is 2.25. The molecule has 1 fully saturated rings. The second-order valence-corrected chi connectivity index (χ2v) is 4.87. The first-order chi connectivity index (χ1) is 8.18. The summed E-state index contributed by atoms with van der Waals surface area (Å²) < 4.78 is 1.94. The third-order valence-electron chi connectivity index (χ3n) is 3.79. The Kier molecular flexibility index (Phi) is 2.21. The SMILES string of the molecule is C[C@H]1CCC[C@@H]1n1nc(N)c2c(=O)[nH]ccc21. The Morgan fingerprint density at radius 1 is 1.53 bits per heavy atom. The number of nitrogens with two attached hydrogens (primary N) is 1. The van der Waals surface area contributed by atoms with E-state index in [1.165, 1.54) is 12.8 Å². The van der Waals surface area contributed by atoms with Crippen LogP contribution in [0, 0.1) is 5.92 Å². The number of aromatic nitrogens is 3. The number of anilines is 1. The van der Waals surface area contributed by atoms with Crippen LogP contribution in [0.3, 0.4) is 0 Å². The molecule has 0 amide bonds. The van der Waals surface area contributed by atoms with Gasteiger partial charge in [-0.1, -0.05) is 13.3 Å². The highest BCUT2D eigenvalue weighted by atomic mass is 16.1. The predicted octanol–water partition coefficient (Wildman–Crippen LogP) is 1.67. The summed E-state index contributed by atoms with van der Waals surface area (Å²) in [6.07, 6.45) is 5.21. The molecule has 2 aromatic rings. The standard InChI is InChI=1S/C12H16N4O/c1-7-3-2-4-8(7)16-9-5-6-14-12(17)10(9)11(13)15-16/h5-8H,2-4H2,1H3,(H2,13,15)(H,14,17)/t7-,8-/m0/s1. The molecule has 1 aliphatic carbocycles. The lowest BCUT2D eigenvalue weighted by Crippen LogP contribution is -2.13. The Balaban J connectivity index is 2.24. The molecule has 1 aliphatic rings. The maximum absolute atomic E-state index is 11.7. The van der Waals surface area contributed by atoms with Crippen LogP contribution < -0.4 is 11.3 Å². The summed E-state index contributed by atoms with van der Waals surface area (Å²) >= 11 is 0. The fourth-order valence-corrected chi connectivity index (χ4v) is 2.87. The van der Waals surface area contributed by atoms with Gasteiger partial charge in [0.1, 0.15) is 5.39 Å². The minimum atomic E-state index is -0.156. The van der Waals surface area contributed by atoms with Crippen molar-refractivity contribution in [3.63, 3.8) is 0 Å². The van der Waals surface area contributed by atoms with Gasteiger partial charge in [-0.25, -0.2) is 0 Å². The van der Waals surface area contributed by atoms with E-state index in [2.05, 4.69) is 17.0 Å². The molecule has 2 atom stereocenters. The number of H-pyrrole nitrogens is 1. The smallest absolute Gasteiger partial charge is 0.261 e. The van der Waals surface area contributed by atoms with Gasteiger partial charge < -0.3 is 10.7 Å². The van der Waals surface area contributed by atoms with Crippen molar-refractivity contribution in [2.24, 2.45) is 5.92 Å². The van der Waals surface area contributed by atoms with E-state index in [1.54, 1.807) is 6.20 Å². The molecule has 0 bridgehead atoms. The van der Waals surface area contributed by atoms with E-state index in [0.29, 0.717) is 23.2 Å². The molecule has 3 N–H and O–H groups in total. The van der Waals surface area contributed by atoms with Crippen LogP contribution in [-0.2, 0) is 0 Å². The minimum absolute atomic E-state index is 0.156. The van der Waals surface area contributed by atoms with Crippen LogP contribution in [0.1, 0.15) is 32.2 Å². The van der Waals surface area contributed by atoms with Gasteiger partial charge in [0.2, 0.25) is 0 Å². The molecule has 17 heavy (non-hydrogen) atoms. The highest BCUT2D eigenvalue weighted by Crippen LogP contribution is 2.37. The highest BCUT2D eigenvalue weighted by molar-refractivity contribution is 5.88. The zero-order valence-corrected chi connectivity index (χ0v) is 9.81. The number of pyridine rings is 1. The van der Waals surface area contributed by atoms with Crippen LogP contribution in [0.5, 0.6) is 0 Å². The van der Waals surface area contributed by atoms with Crippen molar-refractivity contribution >= 4 is 16.7 Å². The molecule has 0 aromatic carbocycles. The topological polar surface area (TPSA) is 76.7 Å². The molecule has 2 aromatic heterocycles. The fraction of sp³-hybridized carbons (Fsp3) is 0.500. The van der Waals surface area contributed by atoms with Gasteiger partial charge in [0, 0.05) is 6.20 Å². The second kappa shape index (κ2) is 3.61. The normalized spacial score (nSPS) is 24.5. The Labute approximate surface area is 98.6 Å². The monoisotopic (exact) mass is 232 g/mol. The summed E-state index contributed by atoms with van der Waals surface area (Å²) in [7, 11) is 0. The molecular formula is C12H16N4O. The second-order valence-electron chi connectivity index (χ2n) is 4.87. The first-order valence-electron chi connectivity index (χ1n) is 6.04. The lowest BCUT2D eigenvalue weighted by molar-refractivity contribution is 0.386. The Bertz CT molecular complexity index is 612. The van der Waals surface area contributed by atoms with Crippen LogP contribution in [0.2, 0.25) is 0 Å². The van der Waals surface area contributed by atoms with Crippen LogP contribution >= 0.6 is 0 Å². The summed E-state index contributed by atoms with van der Waals surface area (Å²) in [5, 5.41) is 4.88. The first kappa shape index (κ1) is 10.4. The van der Waals surface area contributed by atoms with E-state index >= 15 is 0 Å². The molecule has 5 heteroatoms. The maximum atomic E-state index is 11.7. The fourth-order valence-electron chi connectivity index (χ4n) is 2.87. The average molecular weight is 232 g/mol. The Hall–Kier alpha value is -1.78. The van der Waals surface area contributed by atoms with Crippen LogP contribution in [0.25, 0.3) is 10.9 Å². The molecule has 2 heterocycles. The first-order valence-corrected chi connectivity index (χ1v) is 6.04. The lowest BCUT2D eigenvalue weighted by atomic mass is 10.1. The summed E-state index contributed by atoms with van der Waals surface area (Å²) in [5.74, 6) is 0.928. The molecular weight excluding hydrogens is 216 g/mol. The third-order valence-corrected chi connectivity index (χ3v) is 3.79. The quantitative estimate of drug-likeness (QED) is 0.785. The number of nitrogens with one attached hydrogen (secondary N) is 1. The summed E-state index contributed by atoms with van der Waals surface area (Å²) in [4.78, 5) is 14.4. The molecule has 0 spiro atoms. The number of fused-ring (bicyclic) bond motifs is 1. The Morgan fingerprint density at radius 2 is 2.35 bits per heavy atom. The zero-order chi connectivity index (χ0) is 12.0. The van der Waals surface area contributed by atoms with E-state index in [-0.39, 0.29) is 5.56 Å². The molecule has 0 saturated heterocycles. The number of hydrogen-bond donors (Lipinski definition) is 2. The van der Waals surface area contributed by atoms with Gasteiger partial charge in [-0.05, 0) is 24.8 Å². The lowest BCUT2D eigenvalue weighted by Gasteiger charge is -2.16. The van der Waals surface area contributed by atoms with E-state index in [4.69, 9.17) is 5.73 Å². The molecule has 3 rings (SSSR count). The largest absolute Gasteiger partial charge is 0.382 e. The van der Waals surface area contributed by atoms with Gasteiger partial charge >= 0.3 is 0 Å². The minimum Gasteiger partial charge on any atom is -0.382 e. The van der Waals surface area contributed by atoms with Crippen molar-refractivity contribution in [3.05, 3.63) is 22.6 Å². The van der Waals surface area contributed by atoms with Gasteiger partial charge in [-0.3, -0.25) is 9.48 Å². The summed E-state index contributed by atoms with van der Waals surface area (Å²) in [5.41, 5.74) is 6.54. The van der Waals surface area contributed by atoms with E-state index in [0.717, 1.165) is 11.9 Å². The van der Waals surface area contributed by atoms with E-state index < -0.39 is 0 Å². The van der Waals surface area contributed by atoms with Crippen LogP contribution in [0.4, 0.5) is 5.82 Å². The number of nitrogen functional groups attached to an aromatic ring is 1. The average Bonchev–Trinajstić information content (AvgIpc) is 2.84. The van der Waals surface area contributed by atoms with Gasteiger partial charge in [0.25, 0.3) is 5.56 Å². The zero-order valence-electron chi connectivity index (χ0n) is 9.81. The molecule has 1 saturated carbocycles. The van der Waals surface area contributed by atoms with E-state index in [1.807, 2.05) is 10.7 Å². The number of rotatable bonds is 1. The van der Waals surface area contributed by atoms with Crippen molar-refractivity contribution in [1.82, 2.24) is 14.8 Å². The van der Waals surface area contributed by atoms with E-state index in [9.17, 15) is 4.79 Å². The van der Waals surface area contributed by atoms with Crippen molar-refractivity contribution in [2.45, 2.75) is 32.2 Å². The van der Waals surface area contributed by atoms with Crippen molar-refractivity contribution in [3.8, 4) is 0 Å². The molecule has 0 aliphatic heterocycles. The molecule has 0 unspecified atom stereocenters. The van der Waals surface area contributed by atoms with Gasteiger partial charge in [-0.15, -0.1) is 0 Å². The Morgan fingerprint density at radius 3 is 3.06 bits per heavy atom. The number of hydrogen-bond acceptors (Lipinski definition) is 3. The predicted molar refractivity (Wildman–Crippen MR) is 66.8 cm³/mol. The third kappa shape index (κ3) is 1.45. The number of aromatic amines is 1. The summed E-state index contributed by atoms with van der Waals surface area (Å²) in [6.45, 7) is 2.23. The van der Waals surface area contributed by atoms with Crippen molar-refractivity contribution in [1.29, 1.82) is 0 Å². The molecule has 5 nitrogen and oxygen atoms in total. The van der Waals surface area contributed by atoms with Gasteiger partial charge in [0.05, 0.1) is 11.6 Å². The van der Waals surface area contributed by atoms with Crippen LogP contribution in [-0.4, -0.2) is 14.8 Å². The van der Waals surface area contributed by atoms with Crippen molar-refractivity contribution < 1.29 is 0 Å². The number of nitrogens with zero attached hydrogens (tertiary/aromatic N) is 2. The van der Waals surface area contributed by atoms with Gasteiger partial charge in [0.15, 0.2) is 5.82 Å². The van der Waals surface area contributed by atoms with Crippen molar-refractivity contribution in [2.75, 3.05) is 5.73 Å².